The molecule has 0 unspecified atom stereocenters. The van der Waals surface area contributed by atoms with E-state index in [2.05, 4.69) is 15.9 Å². The Balaban J connectivity index is 2.42. The van der Waals surface area contributed by atoms with Gasteiger partial charge in [0.05, 0.1) is 29.3 Å². The normalized spacial score (nSPS) is 11.1. The molecule has 0 saturated heterocycles. The second-order valence-corrected chi connectivity index (χ2v) is 7.29. The van der Waals surface area contributed by atoms with Crippen LogP contribution in [0.3, 0.4) is 0 Å². The molecule has 2 rings (SSSR count). The fourth-order valence-electron chi connectivity index (χ4n) is 1.91. The van der Waals surface area contributed by atoms with Crippen molar-refractivity contribution in [2.75, 3.05) is 25.6 Å². The van der Waals surface area contributed by atoms with Crippen LogP contribution in [0, 0.1) is 0 Å². The van der Waals surface area contributed by atoms with Crippen molar-refractivity contribution in [2.24, 2.45) is 0 Å². The molecule has 0 aliphatic carbocycles. The van der Waals surface area contributed by atoms with Gasteiger partial charge in [0, 0.05) is 13.1 Å². The lowest BCUT2D eigenvalue weighted by molar-refractivity contribution is 0.411. The number of hydrogen-bond donors (Lipinski definition) is 0. The molecule has 22 heavy (non-hydrogen) atoms. The van der Waals surface area contributed by atoms with Gasteiger partial charge in [-0.15, -0.1) is 0 Å². The Kier molecular flexibility index (Phi) is 4.97. The van der Waals surface area contributed by atoms with Crippen LogP contribution < -0.4 is 13.8 Å². The zero-order valence-corrected chi connectivity index (χ0v) is 14.8. The Labute approximate surface area is 138 Å². The predicted molar refractivity (Wildman–Crippen MR) is 89.3 cm³/mol. The first-order valence-electron chi connectivity index (χ1n) is 6.36. The molecule has 0 saturated carbocycles. The van der Waals surface area contributed by atoms with Crippen molar-refractivity contribution in [3.8, 4) is 11.5 Å². The van der Waals surface area contributed by atoms with Gasteiger partial charge in [-0.05, 0) is 46.3 Å². The van der Waals surface area contributed by atoms with E-state index in [-0.39, 0.29) is 4.90 Å². The van der Waals surface area contributed by atoms with E-state index < -0.39 is 10.0 Å². The number of anilines is 1. The molecule has 0 aliphatic rings. The predicted octanol–water partition coefficient (Wildman–Crippen LogP) is 3.29. The van der Waals surface area contributed by atoms with Crippen molar-refractivity contribution in [2.45, 2.75) is 4.90 Å². The number of sulfonamides is 1. The van der Waals surface area contributed by atoms with Crippen molar-refractivity contribution in [1.82, 2.24) is 0 Å². The van der Waals surface area contributed by atoms with Crippen LogP contribution in [0.2, 0.25) is 0 Å². The molecule has 5 nitrogen and oxygen atoms in total. The number of methoxy groups -OCH3 is 2. The SMILES string of the molecule is COc1cccc(N(C)S(=O)(=O)c2ccc(OC)c(Br)c2)c1. The second kappa shape index (κ2) is 6.58. The average molecular weight is 386 g/mol. The molecular formula is C15H16BrNO4S. The Hall–Kier alpha value is -1.73. The van der Waals surface area contributed by atoms with Gasteiger partial charge in [-0.25, -0.2) is 8.42 Å². The summed E-state index contributed by atoms with van der Waals surface area (Å²) in [4.78, 5) is 0.172. The first-order valence-corrected chi connectivity index (χ1v) is 8.60. The number of nitrogens with zero attached hydrogens (tertiary/aromatic N) is 1. The molecular weight excluding hydrogens is 370 g/mol. The number of hydrogen-bond acceptors (Lipinski definition) is 4. The van der Waals surface area contributed by atoms with Crippen LogP contribution in [0.1, 0.15) is 0 Å². The molecule has 0 aromatic heterocycles. The van der Waals surface area contributed by atoms with Gasteiger partial charge in [-0.1, -0.05) is 6.07 Å². The molecule has 2 aromatic carbocycles. The van der Waals surface area contributed by atoms with Crippen LogP contribution >= 0.6 is 15.9 Å². The van der Waals surface area contributed by atoms with Gasteiger partial charge in [0.15, 0.2) is 0 Å². The molecule has 0 fully saturated rings. The molecule has 7 heteroatoms. The summed E-state index contributed by atoms with van der Waals surface area (Å²) in [6, 6.07) is 11.5. The number of rotatable bonds is 5. The van der Waals surface area contributed by atoms with Crippen molar-refractivity contribution < 1.29 is 17.9 Å². The van der Waals surface area contributed by atoms with Crippen LogP contribution in [0.15, 0.2) is 51.8 Å². The van der Waals surface area contributed by atoms with Gasteiger partial charge in [-0.3, -0.25) is 4.31 Å². The fraction of sp³-hybridized carbons (Fsp3) is 0.200. The summed E-state index contributed by atoms with van der Waals surface area (Å²) in [5.74, 6) is 1.17. The molecule has 0 aliphatic heterocycles. The zero-order chi connectivity index (χ0) is 16.3. The molecule has 2 aromatic rings. The number of halogens is 1. The molecule has 0 heterocycles. The van der Waals surface area contributed by atoms with Gasteiger partial charge < -0.3 is 9.47 Å². The van der Waals surface area contributed by atoms with E-state index in [1.807, 2.05) is 0 Å². The van der Waals surface area contributed by atoms with Crippen molar-refractivity contribution >= 4 is 31.6 Å². The molecule has 0 radical (unpaired) electrons. The molecule has 0 bridgehead atoms. The average Bonchev–Trinajstić information content (AvgIpc) is 2.54. The van der Waals surface area contributed by atoms with Gasteiger partial charge >= 0.3 is 0 Å². The van der Waals surface area contributed by atoms with Crippen molar-refractivity contribution in [3.63, 3.8) is 0 Å². The van der Waals surface area contributed by atoms with E-state index in [1.165, 1.54) is 37.7 Å². The van der Waals surface area contributed by atoms with Gasteiger partial charge in [-0.2, -0.15) is 0 Å². The Bertz CT molecular complexity index is 777. The standard InChI is InChI=1S/C15H16BrNO4S/c1-17(11-5-4-6-12(9-11)20-2)22(18,19)13-7-8-15(21-3)14(16)10-13/h4-10H,1-3H3. The minimum atomic E-state index is -3.67. The molecule has 0 spiro atoms. The Morgan fingerprint density at radius 1 is 1.05 bits per heavy atom. The van der Waals surface area contributed by atoms with Gasteiger partial charge in [0.1, 0.15) is 11.5 Å². The first-order chi connectivity index (χ1) is 10.4. The number of benzene rings is 2. The van der Waals surface area contributed by atoms with E-state index in [1.54, 1.807) is 30.3 Å². The molecule has 118 valence electrons. The summed E-state index contributed by atoms with van der Waals surface area (Å²) >= 11 is 3.30. The van der Waals surface area contributed by atoms with E-state index >= 15 is 0 Å². The molecule has 0 amide bonds. The monoisotopic (exact) mass is 385 g/mol. The van der Waals surface area contributed by atoms with E-state index in [4.69, 9.17) is 9.47 Å². The van der Waals surface area contributed by atoms with Crippen molar-refractivity contribution in [3.05, 3.63) is 46.9 Å². The lowest BCUT2D eigenvalue weighted by Crippen LogP contribution is -2.26. The highest BCUT2D eigenvalue weighted by atomic mass is 79.9. The molecule has 0 atom stereocenters. The summed E-state index contributed by atoms with van der Waals surface area (Å²) in [6.45, 7) is 0. The highest BCUT2D eigenvalue weighted by Crippen LogP contribution is 2.30. The maximum atomic E-state index is 12.7. The summed E-state index contributed by atoms with van der Waals surface area (Å²) in [5.41, 5.74) is 0.520. The Morgan fingerprint density at radius 2 is 1.77 bits per heavy atom. The Morgan fingerprint density at radius 3 is 2.36 bits per heavy atom. The van der Waals surface area contributed by atoms with Gasteiger partial charge in [0.25, 0.3) is 10.0 Å². The van der Waals surface area contributed by atoms with Crippen LogP contribution in [0.5, 0.6) is 11.5 Å². The largest absolute Gasteiger partial charge is 0.497 e. The first kappa shape index (κ1) is 16.6. The van der Waals surface area contributed by atoms with Crippen molar-refractivity contribution in [1.29, 1.82) is 0 Å². The lowest BCUT2D eigenvalue weighted by Gasteiger charge is -2.20. The van der Waals surface area contributed by atoms with E-state index in [0.717, 1.165) is 0 Å². The third kappa shape index (κ3) is 3.20. The summed E-state index contributed by atoms with van der Waals surface area (Å²) in [7, 11) is 0.890. The quantitative estimate of drug-likeness (QED) is 0.792. The van der Waals surface area contributed by atoms with Crippen LogP contribution in [-0.4, -0.2) is 29.7 Å². The highest BCUT2D eigenvalue weighted by Gasteiger charge is 2.22. The third-order valence-corrected chi connectivity index (χ3v) is 5.60. The topological polar surface area (TPSA) is 55.8 Å². The van der Waals surface area contributed by atoms with Gasteiger partial charge in [0.2, 0.25) is 0 Å². The van der Waals surface area contributed by atoms with Crippen LogP contribution in [0.4, 0.5) is 5.69 Å². The summed E-state index contributed by atoms with van der Waals surface area (Å²) in [6.07, 6.45) is 0. The second-order valence-electron chi connectivity index (χ2n) is 4.47. The zero-order valence-electron chi connectivity index (χ0n) is 12.4. The van der Waals surface area contributed by atoms with Crippen LogP contribution in [0.25, 0.3) is 0 Å². The van der Waals surface area contributed by atoms with E-state index in [0.29, 0.717) is 21.7 Å². The molecule has 0 N–H and O–H groups in total. The highest BCUT2D eigenvalue weighted by molar-refractivity contribution is 9.10. The maximum Gasteiger partial charge on any atom is 0.264 e. The number of ether oxygens (including phenoxy) is 2. The minimum Gasteiger partial charge on any atom is -0.497 e. The fourth-order valence-corrected chi connectivity index (χ4v) is 3.82. The lowest BCUT2D eigenvalue weighted by atomic mass is 10.3. The third-order valence-electron chi connectivity index (χ3n) is 3.20. The van der Waals surface area contributed by atoms with Crippen LogP contribution in [-0.2, 0) is 10.0 Å². The summed E-state index contributed by atoms with van der Waals surface area (Å²) < 4.78 is 37.4. The smallest absolute Gasteiger partial charge is 0.264 e. The maximum absolute atomic E-state index is 12.7. The summed E-state index contributed by atoms with van der Waals surface area (Å²) in [5, 5.41) is 0. The minimum absolute atomic E-state index is 0.172. The van der Waals surface area contributed by atoms with E-state index in [9.17, 15) is 8.42 Å².